The number of pyridine rings is 1. The Morgan fingerprint density at radius 2 is 1.90 bits per heavy atom. The van der Waals surface area contributed by atoms with Crippen LogP contribution in [0.5, 0.6) is 0 Å². The molecule has 2 aromatic heterocycles. The number of benzene rings is 1. The van der Waals surface area contributed by atoms with Gasteiger partial charge in [-0.25, -0.2) is 4.98 Å². The van der Waals surface area contributed by atoms with Gasteiger partial charge in [0.05, 0.1) is 11.0 Å². The Bertz CT molecular complexity index is 711. The minimum absolute atomic E-state index is 0.844. The highest BCUT2D eigenvalue weighted by molar-refractivity contribution is 5.79. The summed E-state index contributed by atoms with van der Waals surface area (Å²) in [5.74, 6) is 0.844. The number of imidazole rings is 1. The maximum absolute atomic E-state index is 4.62. The van der Waals surface area contributed by atoms with Gasteiger partial charge in [0.2, 0.25) is 0 Å². The molecule has 0 fully saturated rings. The molecule has 0 saturated heterocycles. The summed E-state index contributed by atoms with van der Waals surface area (Å²) in [7, 11) is 0. The van der Waals surface area contributed by atoms with Gasteiger partial charge in [0.25, 0.3) is 0 Å². The lowest BCUT2D eigenvalue weighted by Gasteiger charge is -1.99. The number of hydrogen-bond acceptors (Lipinski definition) is 2. The molecule has 2 heterocycles. The molecule has 3 aromatic rings. The fourth-order valence-electron chi connectivity index (χ4n) is 2.40. The van der Waals surface area contributed by atoms with Crippen molar-refractivity contribution in [1.82, 2.24) is 15.0 Å². The molecule has 3 heteroatoms. The zero-order chi connectivity index (χ0) is 13.9. The average molecular weight is 265 g/mol. The smallest absolute Gasteiger partial charge is 0.157 e. The summed E-state index contributed by atoms with van der Waals surface area (Å²) in [5, 5.41) is 0. The summed E-state index contributed by atoms with van der Waals surface area (Å²) >= 11 is 0. The van der Waals surface area contributed by atoms with Gasteiger partial charge in [-0.1, -0.05) is 32.4 Å². The molecule has 0 saturated carbocycles. The number of H-pyrrole nitrogens is 1. The Morgan fingerprint density at radius 1 is 1.05 bits per heavy atom. The van der Waals surface area contributed by atoms with Gasteiger partial charge in [0.15, 0.2) is 5.82 Å². The minimum atomic E-state index is 0.844. The van der Waals surface area contributed by atoms with E-state index in [-0.39, 0.29) is 0 Å². The van der Waals surface area contributed by atoms with Crippen LogP contribution >= 0.6 is 0 Å². The fourth-order valence-corrected chi connectivity index (χ4v) is 2.40. The molecule has 0 amide bonds. The molecule has 3 rings (SSSR count). The van der Waals surface area contributed by atoms with E-state index < -0.39 is 0 Å². The molecule has 102 valence electrons. The molecule has 0 unspecified atom stereocenters. The summed E-state index contributed by atoms with van der Waals surface area (Å²) in [5.41, 5.74) is 5.58. The van der Waals surface area contributed by atoms with Crippen molar-refractivity contribution in [2.45, 2.75) is 33.1 Å². The van der Waals surface area contributed by atoms with Crippen molar-refractivity contribution in [3.05, 3.63) is 47.7 Å². The Labute approximate surface area is 119 Å². The molecule has 3 nitrogen and oxygen atoms in total. The third-order valence-corrected chi connectivity index (χ3v) is 3.56. The van der Waals surface area contributed by atoms with E-state index in [1.807, 2.05) is 12.3 Å². The van der Waals surface area contributed by atoms with Crippen LogP contribution in [0.3, 0.4) is 0 Å². The van der Waals surface area contributed by atoms with E-state index in [1.165, 1.54) is 11.1 Å². The molecule has 0 aliphatic carbocycles. The normalized spacial score (nSPS) is 11.1. The quantitative estimate of drug-likeness (QED) is 0.770. The number of nitrogens with zero attached hydrogens (tertiary/aromatic N) is 2. The maximum atomic E-state index is 4.62. The second-order valence-corrected chi connectivity index (χ2v) is 5.09. The number of fused-ring (bicyclic) bond motifs is 1. The van der Waals surface area contributed by atoms with Crippen LogP contribution in [0.4, 0.5) is 0 Å². The SMILES string of the molecule is CCCc1ccc(-c2nc3ccc(CC)cc3[nH]2)nc1. The second kappa shape index (κ2) is 5.45. The van der Waals surface area contributed by atoms with Gasteiger partial charge in [-0.05, 0) is 42.2 Å². The Kier molecular flexibility index (Phi) is 3.50. The van der Waals surface area contributed by atoms with Crippen molar-refractivity contribution in [1.29, 1.82) is 0 Å². The Balaban J connectivity index is 1.96. The zero-order valence-electron chi connectivity index (χ0n) is 12.0. The molecule has 0 bridgehead atoms. The fraction of sp³-hybridized carbons (Fsp3) is 0.294. The third-order valence-electron chi connectivity index (χ3n) is 3.56. The molecular formula is C17H19N3. The molecule has 0 radical (unpaired) electrons. The molecule has 1 aromatic carbocycles. The van der Waals surface area contributed by atoms with E-state index in [0.717, 1.165) is 41.8 Å². The first-order valence-corrected chi connectivity index (χ1v) is 7.24. The second-order valence-electron chi connectivity index (χ2n) is 5.09. The van der Waals surface area contributed by atoms with Gasteiger partial charge in [-0.15, -0.1) is 0 Å². The van der Waals surface area contributed by atoms with E-state index in [4.69, 9.17) is 0 Å². The van der Waals surface area contributed by atoms with Crippen molar-refractivity contribution >= 4 is 11.0 Å². The van der Waals surface area contributed by atoms with E-state index in [9.17, 15) is 0 Å². The molecule has 1 N–H and O–H groups in total. The monoisotopic (exact) mass is 265 g/mol. The summed E-state index contributed by atoms with van der Waals surface area (Å²) in [4.78, 5) is 12.5. The average Bonchev–Trinajstić information content (AvgIpc) is 2.91. The van der Waals surface area contributed by atoms with Crippen molar-refractivity contribution in [2.24, 2.45) is 0 Å². The maximum Gasteiger partial charge on any atom is 0.157 e. The number of aromatic nitrogens is 3. The van der Waals surface area contributed by atoms with Gasteiger partial charge in [0, 0.05) is 6.20 Å². The Hall–Kier alpha value is -2.16. The molecule has 0 aliphatic rings. The Morgan fingerprint density at radius 3 is 2.60 bits per heavy atom. The molecule has 20 heavy (non-hydrogen) atoms. The van der Waals surface area contributed by atoms with Gasteiger partial charge in [-0.3, -0.25) is 4.98 Å². The number of aromatic amines is 1. The summed E-state index contributed by atoms with van der Waals surface area (Å²) < 4.78 is 0. The van der Waals surface area contributed by atoms with Gasteiger partial charge < -0.3 is 4.98 Å². The van der Waals surface area contributed by atoms with Gasteiger partial charge >= 0.3 is 0 Å². The van der Waals surface area contributed by atoms with E-state index in [1.54, 1.807) is 0 Å². The summed E-state index contributed by atoms with van der Waals surface area (Å²) in [6.07, 6.45) is 5.20. The first kappa shape index (κ1) is 12.9. The summed E-state index contributed by atoms with van der Waals surface area (Å²) in [6, 6.07) is 10.5. The van der Waals surface area contributed by atoms with Crippen molar-refractivity contribution in [3.8, 4) is 11.5 Å². The number of hydrogen-bond donors (Lipinski definition) is 1. The highest BCUT2D eigenvalue weighted by Crippen LogP contribution is 2.20. The number of nitrogens with one attached hydrogen (secondary N) is 1. The van der Waals surface area contributed by atoms with Crippen molar-refractivity contribution in [3.63, 3.8) is 0 Å². The predicted octanol–water partition coefficient (Wildman–Crippen LogP) is 4.14. The number of aryl methyl sites for hydroxylation is 2. The van der Waals surface area contributed by atoms with Crippen LogP contribution in [0, 0.1) is 0 Å². The van der Waals surface area contributed by atoms with Crippen LogP contribution in [0.25, 0.3) is 22.6 Å². The molecule has 0 atom stereocenters. The zero-order valence-corrected chi connectivity index (χ0v) is 12.0. The largest absolute Gasteiger partial charge is 0.337 e. The van der Waals surface area contributed by atoms with Crippen LogP contribution in [-0.2, 0) is 12.8 Å². The van der Waals surface area contributed by atoms with Crippen molar-refractivity contribution < 1.29 is 0 Å². The lowest BCUT2D eigenvalue weighted by molar-refractivity contribution is 0.914. The third kappa shape index (κ3) is 2.44. The minimum Gasteiger partial charge on any atom is -0.337 e. The lowest BCUT2D eigenvalue weighted by atomic mass is 10.1. The first-order chi connectivity index (χ1) is 9.80. The molecular weight excluding hydrogens is 246 g/mol. The highest BCUT2D eigenvalue weighted by atomic mass is 14.9. The van der Waals surface area contributed by atoms with Crippen LogP contribution in [0.2, 0.25) is 0 Å². The van der Waals surface area contributed by atoms with E-state index in [2.05, 4.69) is 53.1 Å². The van der Waals surface area contributed by atoms with Crippen LogP contribution in [0.15, 0.2) is 36.5 Å². The topological polar surface area (TPSA) is 41.6 Å². The van der Waals surface area contributed by atoms with E-state index in [0.29, 0.717) is 0 Å². The predicted molar refractivity (Wildman–Crippen MR) is 82.7 cm³/mol. The van der Waals surface area contributed by atoms with Crippen LogP contribution < -0.4 is 0 Å². The molecule has 0 spiro atoms. The lowest BCUT2D eigenvalue weighted by Crippen LogP contribution is -1.89. The molecule has 0 aliphatic heterocycles. The highest BCUT2D eigenvalue weighted by Gasteiger charge is 2.06. The van der Waals surface area contributed by atoms with Crippen molar-refractivity contribution in [2.75, 3.05) is 0 Å². The standard InChI is InChI=1S/C17H19N3/c1-3-5-13-7-9-15(18-11-13)17-19-14-8-6-12(4-2)10-16(14)20-17/h6-11H,3-5H2,1-2H3,(H,19,20). The van der Waals surface area contributed by atoms with E-state index >= 15 is 0 Å². The van der Waals surface area contributed by atoms with Gasteiger partial charge in [-0.2, -0.15) is 0 Å². The van der Waals surface area contributed by atoms with Crippen LogP contribution in [0.1, 0.15) is 31.4 Å². The van der Waals surface area contributed by atoms with Crippen LogP contribution in [-0.4, -0.2) is 15.0 Å². The number of rotatable bonds is 4. The van der Waals surface area contributed by atoms with Gasteiger partial charge in [0.1, 0.15) is 5.69 Å². The summed E-state index contributed by atoms with van der Waals surface area (Å²) in [6.45, 7) is 4.34. The first-order valence-electron chi connectivity index (χ1n) is 7.24.